The monoisotopic (exact) mass is 279 g/mol. The van der Waals surface area contributed by atoms with Crippen molar-refractivity contribution in [1.29, 1.82) is 0 Å². The molecule has 1 aliphatic carbocycles. The lowest BCUT2D eigenvalue weighted by Gasteiger charge is -2.24. The van der Waals surface area contributed by atoms with Crippen LogP contribution >= 0.6 is 0 Å². The molecule has 2 aromatic carbocycles. The second-order valence-electron chi connectivity index (χ2n) is 5.30. The summed E-state index contributed by atoms with van der Waals surface area (Å²) in [5.74, 6) is -0.0110. The molecule has 0 heterocycles. The standard InChI is InChI=1S/C15H15BF3O/c17-16(18,19)15-13-8-4-1-5-11(13)9-10-14(15)20-12-6-2-3-7-12/h1,4-5,8-10,12H,2-3,6-7H2/q-1. The highest BCUT2D eigenvalue weighted by Crippen LogP contribution is 2.29. The third-order valence-electron chi connectivity index (χ3n) is 3.85. The average molecular weight is 279 g/mol. The van der Waals surface area contributed by atoms with E-state index in [9.17, 15) is 12.9 Å². The van der Waals surface area contributed by atoms with E-state index < -0.39 is 12.4 Å². The molecule has 0 aliphatic heterocycles. The van der Waals surface area contributed by atoms with Gasteiger partial charge < -0.3 is 17.7 Å². The third kappa shape index (κ3) is 2.49. The van der Waals surface area contributed by atoms with E-state index >= 15 is 0 Å². The van der Waals surface area contributed by atoms with Crippen molar-refractivity contribution in [3.05, 3.63) is 36.4 Å². The molecule has 3 rings (SSSR count). The third-order valence-corrected chi connectivity index (χ3v) is 3.85. The van der Waals surface area contributed by atoms with Crippen LogP contribution in [0, 0.1) is 0 Å². The molecule has 0 amide bonds. The van der Waals surface area contributed by atoms with Crippen molar-refractivity contribution >= 4 is 23.2 Å². The minimum atomic E-state index is -5.10. The van der Waals surface area contributed by atoms with Crippen LogP contribution in [0.3, 0.4) is 0 Å². The highest BCUT2D eigenvalue weighted by Gasteiger charge is 2.32. The first-order chi connectivity index (χ1) is 9.55. The second-order valence-corrected chi connectivity index (χ2v) is 5.30. The number of hydrogen-bond acceptors (Lipinski definition) is 1. The van der Waals surface area contributed by atoms with Gasteiger partial charge in [-0.15, -0.1) is 0 Å². The summed E-state index contributed by atoms with van der Waals surface area (Å²) >= 11 is 0. The van der Waals surface area contributed by atoms with Gasteiger partial charge in [0, 0.05) is 0 Å². The fourth-order valence-corrected chi connectivity index (χ4v) is 2.90. The van der Waals surface area contributed by atoms with Gasteiger partial charge >= 0.3 is 6.98 Å². The summed E-state index contributed by atoms with van der Waals surface area (Å²) in [6.07, 6.45) is 3.68. The maximum absolute atomic E-state index is 13.4. The summed E-state index contributed by atoms with van der Waals surface area (Å²) in [4.78, 5) is 0. The Bertz CT molecular complexity index is 618. The Hall–Kier alpha value is -1.65. The molecular formula is C15H15BF3O-. The summed E-state index contributed by atoms with van der Waals surface area (Å²) < 4.78 is 45.9. The highest BCUT2D eigenvalue weighted by molar-refractivity contribution is 6.76. The molecule has 0 bridgehead atoms. The second kappa shape index (κ2) is 5.04. The van der Waals surface area contributed by atoms with Gasteiger partial charge in [-0.3, -0.25) is 0 Å². The Morgan fingerprint density at radius 1 is 0.950 bits per heavy atom. The van der Waals surface area contributed by atoms with Gasteiger partial charge in [0.2, 0.25) is 0 Å². The molecule has 0 aromatic heterocycles. The molecule has 0 N–H and O–H groups in total. The molecule has 1 fully saturated rings. The summed E-state index contributed by atoms with van der Waals surface area (Å²) in [5, 5.41) is 0.830. The zero-order valence-electron chi connectivity index (χ0n) is 11.0. The van der Waals surface area contributed by atoms with Crippen molar-refractivity contribution < 1.29 is 17.7 Å². The summed E-state index contributed by atoms with van der Waals surface area (Å²) in [5.41, 5.74) is -0.588. The van der Waals surface area contributed by atoms with Gasteiger partial charge in [0.05, 0.1) is 11.9 Å². The van der Waals surface area contributed by atoms with Crippen molar-refractivity contribution in [3.8, 4) is 5.75 Å². The van der Waals surface area contributed by atoms with Gasteiger partial charge in [0.15, 0.2) is 0 Å². The van der Waals surface area contributed by atoms with Crippen molar-refractivity contribution in [2.75, 3.05) is 0 Å². The molecule has 0 atom stereocenters. The lowest BCUT2D eigenvalue weighted by molar-refractivity contribution is 0.211. The molecule has 106 valence electrons. The molecule has 5 heteroatoms. The average Bonchev–Trinajstić information content (AvgIpc) is 2.90. The van der Waals surface area contributed by atoms with Crippen molar-refractivity contribution in [2.24, 2.45) is 0 Å². The lowest BCUT2D eigenvalue weighted by Crippen LogP contribution is -2.37. The minimum Gasteiger partial charge on any atom is -0.493 e. The minimum absolute atomic E-state index is 0.0110. The lowest BCUT2D eigenvalue weighted by atomic mass is 9.76. The van der Waals surface area contributed by atoms with Gasteiger partial charge in [-0.05, 0) is 42.5 Å². The van der Waals surface area contributed by atoms with Gasteiger partial charge in [-0.25, -0.2) is 0 Å². The number of hydrogen-bond donors (Lipinski definition) is 0. The summed E-state index contributed by atoms with van der Waals surface area (Å²) in [7, 11) is 0. The first-order valence-corrected chi connectivity index (χ1v) is 6.94. The predicted molar refractivity (Wildman–Crippen MR) is 75.5 cm³/mol. The molecule has 1 saturated carbocycles. The van der Waals surface area contributed by atoms with Crippen molar-refractivity contribution in [3.63, 3.8) is 0 Å². The van der Waals surface area contributed by atoms with Gasteiger partial charge in [0.25, 0.3) is 0 Å². The SMILES string of the molecule is F[B-](F)(F)c1c(OC2CCCC2)ccc2ccccc12. The Kier molecular flexibility index (Phi) is 3.36. The molecule has 2 aromatic rings. The van der Waals surface area contributed by atoms with Gasteiger partial charge in [0.1, 0.15) is 0 Å². The maximum atomic E-state index is 13.4. The van der Waals surface area contributed by atoms with E-state index in [0.29, 0.717) is 5.39 Å². The largest absolute Gasteiger partial charge is 0.513 e. The number of rotatable bonds is 3. The van der Waals surface area contributed by atoms with Crippen LogP contribution in [0.15, 0.2) is 36.4 Å². The van der Waals surface area contributed by atoms with Crippen LogP contribution in [-0.4, -0.2) is 13.1 Å². The van der Waals surface area contributed by atoms with E-state index in [1.165, 1.54) is 12.1 Å². The van der Waals surface area contributed by atoms with Gasteiger partial charge in [-0.2, -0.15) is 0 Å². The van der Waals surface area contributed by atoms with Crippen molar-refractivity contribution in [1.82, 2.24) is 0 Å². The van der Waals surface area contributed by atoms with E-state index in [2.05, 4.69) is 0 Å². The fourth-order valence-electron chi connectivity index (χ4n) is 2.90. The summed E-state index contributed by atoms with van der Waals surface area (Å²) in [6, 6.07) is 9.75. The summed E-state index contributed by atoms with van der Waals surface area (Å²) in [6.45, 7) is -5.10. The van der Waals surface area contributed by atoms with E-state index in [-0.39, 0.29) is 17.2 Å². The van der Waals surface area contributed by atoms with Crippen LogP contribution in [0.2, 0.25) is 0 Å². The number of ether oxygens (including phenoxy) is 1. The molecule has 0 saturated heterocycles. The van der Waals surface area contributed by atoms with E-state index in [0.717, 1.165) is 25.7 Å². The Balaban J connectivity index is 2.10. The first kappa shape index (κ1) is 13.3. The van der Waals surface area contributed by atoms with Crippen LogP contribution in [-0.2, 0) is 0 Å². The van der Waals surface area contributed by atoms with E-state index in [1.54, 1.807) is 24.3 Å². The van der Waals surface area contributed by atoms with Crippen LogP contribution in [0.5, 0.6) is 5.75 Å². The molecule has 1 aliphatic rings. The molecule has 0 radical (unpaired) electrons. The smallest absolute Gasteiger partial charge is 0.493 e. The maximum Gasteiger partial charge on any atom is 0.513 e. The van der Waals surface area contributed by atoms with Crippen LogP contribution in [0.25, 0.3) is 10.8 Å². The Morgan fingerprint density at radius 2 is 1.65 bits per heavy atom. The topological polar surface area (TPSA) is 9.23 Å². The van der Waals surface area contributed by atoms with Gasteiger partial charge in [-0.1, -0.05) is 35.8 Å². The predicted octanol–water partition coefficient (Wildman–Crippen LogP) is 4.22. The Labute approximate surface area is 115 Å². The van der Waals surface area contributed by atoms with Crippen LogP contribution in [0.4, 0.5) is 12.9 Å². The normalized spacial score (nSPS) is 16.8. The number of halogens is 3. The molecule has 0 unspecified atom stereocenters. The van der Waals surface area contributed by atoms with E-state index in [1.807, 2.05) is 0 Å². The molecular weight excluding hydrogens is 264 g/mol. The first-order valence-electron chi connectivity index (χ1n) is 6.94. The Morgan fingerprint density at radius 3 is 2.35 bits per heavy atom. The number of benzene rings is 2. The molecule has 1 nitrogen and oxygen atoms in total. The molecule has 20 heavy (non-hydrogen) atoms. The van der Waals surface area contributed by atoms with E-state index in [4.69, 9.17) is 4.74 Å². The highest BCUT2D eigenvalue weighted by atomic mass is 19.4. The van der Waals surface area contributed by atoms with Crippen molar-refractivity contribution in [2.45, 2.75) is 31.8 Å². The zero-order chi connectivity index (χ0) is 14.2. The number of fused-ring (bicyclic) bond motifs is 1. The van der Waals surface area contributed by atoms with Crippen LogP contribution in [0.1, 0.15) is 25.7 Å². The fraction of sp³-hybridized carbons (Fsp3) is 0.333. The zero-order valence-corrected chi connectivity index (χ0v) is 11.0. The van der Waals surface area contributed by atoms with Crippen LogP contribution < -0.4 is 10.2 Å². The quantitative estimate of drug-likeness (QED) is 0.764. The molecule has 0 spiro atoms.